The molecule has 0 saturated carbocycles. The second-order valence-electron chi connectivity index (χ2n) is 5.37. The van der Waals surface area contributed by atoms with Crippen LogP contribution in [-0.4, -0.2) is 30.4 Å². The lowest BCUT2D eigenvalue weighted by Crippen LogP contribution is -2.29. The molecule has 2 atom stereocenters. The van der Waals surface area contributed by atoms with E-state index in [0.29, 0.717) is 13.2 Å². The molecule has 1 aromatic rings. The highest BCUT2D eigenvalue weighted by atomic mass is 32.2. The van der Waals surface area contributed by atoms with Gasteiger partial charge in [-0.2, -0.15) is 0 Å². The molecule has 22 heavy (non-hydrogen) atoms. The molecule has 1 saturated heterocycles. The minimum Gasteiger partial charge on any atom is -0.347 e. The largest absolute Gasteiger partial charge is 0.347 e. The van der Waals surface area contributed by atoms with E-state index in [1.165, 1.54) is 0 Å². The molecule has 1 heterocycles. The third-order valence-electron chi connectivity index (χ3n) is 3.46. The van der Waals surface area contributed by atoms with E-state index < -0.39 is 5.79 Å². The Labute approximate surface area is 136 Å². The lowest BCUT2D eigenvalue weighted by Gasteiger charge is -2.20. The Hall–Kier alpha value is -1.24. The minimum atomic E-state index is -0.462. The number of amides is 2. The van der Waals surface area contributed by atoms with Gasteiger partial charge in [0, 0.05) is 17.1 Å². The maximum absolute atomic E-state index is 11.6. The van der Waals surface area contributed by atoms with Gasteiger partial charge in [-0.15, -0.1) is 0 Å². The minimum absolute atomic E-state index is 0.0108. The molecule has 0 radical (unpaired) electrons. The highest BCUT2D eigenvalue weighted by molar-refractivity contribution is 7.99. The molecule has 2 rings (SSSR count). The molecule has 5 nitrogen and oxygen atoms in total. The van der Waals surface area contributed by atoms with Crippen LogP contribution in [0.3, 0.4) is 0 Å². The van der Waals surface area contributed by atoms with E-state index in [1.807, 2.05) is 38.1 Å². The second-order valence-corrected chi connectivity index (χ2v) is 6.60. The molecule has 0 bridgehead atoms. The summed E-state index contributed by atoms with van der Waals surface area (Å²) in [6, 6.07) is 7.56. The summed E-state index contributed by atoms with van der Waals surface area (Å²) in [5.74, 6) is -0.462. The third kappa shape index (κ3) is 4.90. The summed E-state index contributed by atoms with van der Waals surface area (Å²) in [6.45, 7) is 7.31. The van der Waals surface area contributed by atoms with Crippen LogP contribution >= 0.6 is 11.8 Å². The summed E-state index contributed by atoms with van der Waals surface area (Å²) >= 11 is 1.63. The number of anilines is 1. The van der Waals surface area contributed by atoms with E-state index in [2.05, 4.69) is 17.6 Å². The van der Waals surface area contributed by atoms with Crippen LogP contribution in [-0.2, 0) is 9.47 Å². The number of urea groups is 1. The summed E-state index contributed by atoms with van der Waals surface area (Å²) in [6.07, 6.45) is 1.75. The number of rotatable bonds is 6. The van der Waals surface area contributed by atoms with Crippen LogP contribution in [0, 0.1) is 0 Å². The zero-order valence-corrected chi connectivity index (χ0v) is 14.2. The van der Waals surface area contributed by atoms with Gasteiger partial charge in [-0.25, -0.2) is 4.79 Å². The molecule has 2 unspecified atom stereocenters. The van der Waals surface area contributed by atoms with Gasteiger partial charge in [-0.3, -0.25) is 0 Å². The number of hydrogen-bond acceptors (Lipinski definition) is 4. The van der Waals surface area contributed by atoms with E-state index in [-0.39, 0.29) is 11.5 Å². The smallest absolute Gasteiger partial charge is 0.319 e. The fourth-order valence-corrected chi connectivity index (χ4v) is 3.00. The summed E-state index contributed by atoms with van der Waals surface area (Å²) in [5, 5.41) is 5.58. The van der Waals surface area contributed by atoms with Gasteiger partial charge in [0.25, 0.3) is 0 Å². The average Bonchev–Trinajstić information content (AvgIpc) is 2.89. The molecule has 0 aliphatic carbocycles. The van der Waals surface area contributed by atoms with Crippen molar-refractivity contribution < 1.29 is 14.3 Å². The van der Waals surface area contributed by atoms with Crippen LogP contribution in [0.2, 0.25) is 0 Å². The van der Waals surface area contributed by atoms with Gasteiger partial charge in [0.05, 0.1) is 6.61 Å². The van der Waals surface area contributed by atoms with Crippen LogP contribution in [0.15, 0.2) is 29.2 Å². The monoisotopic (exact) mass is 324 g/mol. The number of hydrogen-bond donors (Lipinski definition) is 2. The second kappa shape index (κ2) is 7.85. The van der Waals surface area contributed by atoms with Crippen molar-refractivity contribution in [2.24, 2.45) is 0 Å². The predicted octanol–water partition coefficient (Wildman–Crippen LogP) is 3.81. The fourth-order valence-electron chi connectivity index (χ4n) is 2.02. The van der Waals surface area contributed by atoms with E-state index in [9.17, 15) is 4.79 Å². The molecule has 2 N–H and O–H groups in total. The standard InChI is InChI=1S/C16H24N2O3S/c1-4-10-17-15(19)18-12-6-8-13(9-7-12)22-14-11-20-16(3,5-2)21-14/h6-9,14H,4-5,10-11H2,1-3H3,(H2,17,18,19). The van der Waals surface area contributed by atoms with Crippen molar-refractivity contribution in [1.82, 2.24) is 5.32 Å². The number of ether oxygens (including phenoxy) is 2. The quantitative estimate of drug-likeness (QED) is 0.835. The highest BCUT2D eigenvalue weighted by Crippen LogP contribution is 2.35. The van der Waals surface area contributed by atoms with Crippen molar-refractivity contribution in [3.8, 4) is 0 Å². The molecule has 2 amide bonds. The normalized spacial score (nSPS) is 24.2. The molecule has 6 heteroatoms. The van der Waals surface area contributed by atoms with E-state index >= 15 is 0 Å². The van der Waals surface area contributed by atoms with E-state index in [1.54, 1.807) is 11.8 Å². The predicted molar refractivity (Wildman–Crippen MR) is 89.1 cm³/mol. The van der Waals surface area contributed by atoms with Crippen molar-refractivity contribution in [1.29, 1.82) is 0 Å². The van der Waals surface area contributed by atoms with Gasteiger partial charge in [0.2, 0.25) is 0 Å². The summed E-state index contributed by atoms with van der Waals surface area (Å²) in [7, 11) is 0. The zero-order valence-electron chi connectivity index (χ0n) is 13.3. The van der Waals surface area contributed by atoms with Crippen molar-refractivity contribution >= 4 is 23.5 Å². The molecule has 0 aromatic heterocycles. The Morgan fingerprint density at radius 2 is 2.09 bits per heavy atom. The van der Waals surface area contributed by atoms with Gasteiger partial charge in [-0.05, 0) is 44.0 Å². The Kier molecular flexibility index (Phi) is 6.11. The topological polar surface area (TPSA) is 59.6 Å². The summed E-state index contributed by atoms with van der Waals surface area (Å²) in [4.78, 5) is 12.7. The van der Waals surface area contributed by atoms with Crippen LogP contribution in [0.25, 0.3) is 0 Å². The first-order valence-electron chi connectivity index (χ1n) is 7.68. The number of carbonyl (C=O) groups excluding carboxylic acids is 1. The first-order chi connectivity index (χ1) is 10.5. The van der Waals surface area contributed by atoms with Gasteiger partial charge >= 0.3 is 6.03 Å². The van der Waals surface area contributed by atoms with Crippen molar-refractivity contribution in [3.63, 3.8) is 0 Å². The van der Waals surface area contributed by atoms with E-state index in [4.69, 9.17) is 9.47 Å². The van der Waals surface area contributed by atoms with E-state index in [0.717, 1.165) is 23.4 Å². The Bertz CT molecular complexity index is 495. The first kappa shape index (κ1) is 17.1. The SMILES string of the molecule is CCCNC(=O)Nc1ccc(SC2COC(C)(CC)O2)cc1. The maximum atomic E-state index is 11.6. The molecule has 1 fully saturated rings. The fraction of sp³-hybridized carbons (Fsp3) is 0.562. The molecule has 1 aliphatic rings. The molecule has 1 aromatic carbocycles. The molecular formula is C16H24N2O3S. The van der Waals surface area contributed by atoms with Gasteiger partial charge in [0.1, 0.15) is 5.44 Å². The molecule has 1 aliphatic heterocycles. The maximum Gasteiger partial charge on any atom is 0.319 e. The number of benzene rings is 1. The molecule has 0 spiro atoms. The van der Waals surface area contributed by atoms with Crippen LogP contribution < -0.4 is 10.6 Å². The Morgan fingerprint density at radius 1 is 1.36 bits per heavy atom. The Morgan fingerprint density at radius 3 is 2.68 bits per heavy atom. The number of carbonyl (C=O) groups is 1. The zero-order chi connectivity index (χ0) is 16.0. The molecular weight excluding hydrogens is 300 g/mol. The number of thioether (sulfide) groups is 1. The van der Waals surface area contributed by atoms with Gasteiger partial charge in [-0.1, -0.05) is 25.6 Å². The number of nitrogens with one attached hydrogen (secondary N) is 2. The van der Waals surface area contributed by atoms with Crippen molar-refractivity contribution in [2.75, 3.05) is 18.5 Å². The summed E-state index contributed by atoms with van der Waals surface area (Å²) in [5.41, 5.74) is 0.788. The molecule has 122 valence electrons. The lowest BCUT2D eigenvalue weighted by atomic mass is 10.2. The van der Waals surface area contributed by atoms with Gasteiger partial charge in [0.15, 0.2) is 5.79 Å². The average molecular weight is 324 g/mol. The highest BCUT2D eigenvalue weighted by Gasteiger charge is 2.35. The van der Waals surface area contributed by atoms with Crippen LogP contribution in [0.4, 0.5) is 10.5 Å². The van der Waals surface area contributed by atoms with Gasteiger partial charge < -0.3 is 20.1 Å². The van der Waals surface area contributed by atoms with Crippen molar-refractivity contribution in [2.45, 2.75) is 49.7 Å². The first-order valence-corrected chi connectivity index (χ1v) is 8.56. The summed E-state index contributed by atoms with van der Waals surface area (Å²) < 4.78 is 11.6. The lowest BCUT2D eigenvalue weighted by molar-refractivity contribution is -0.146. The van der Waals surface area contributed by atoms with Crippen LogP contribution in [0.5, 0.6) is 0 Å². The Balaban J connectivity index is 1.83. The van der Waals surface area contributed by atoms with Crippen LogP contribution in [0.1, 0.15) is 33.6 Å². The third-order valence-corrected chi connectivity index (χ3v) is 4.50. The van der Waals surface area contributed by atoms with Crippen molar-refractivity contribution in [3.05, 3.63) is 24.3 Å².